The van der Waals surface area contributed by atoms with Crippen LogP contribution in [-0.4, -0.2) is 51.7 Å². The Kier molecular flexibility index (Phi) is 8.02. The molecule has 7 heteroatoms. The van der Waals surface area contributed by atoms with Crippen LogP contribution in [0.2, 0.25) is 0 Å². The van der Waals surface area contributed by atoms with Crippen LogP contribution in [0.1, 0.15) is 58.8 Å². The molecule has 2 atom stereocenters. The Bertz CT molecular complexity index is 425. The van der Waals surface area contributed by atoms with Crippen LogP contribution in [0.25, 0.3) is 0 Å². The fourth-order valence-corrected chi connectivity index (χ4v) is 2.66. The summed E-state index contributed by atoms with van der Waals surface area (Å²) in [6.45, 7) is 4.18. The standard InChI is InChI=1S/C16H28N2O5/c1-11(2)13(19)9-10-18-12(15(22)17-16(18)23)7-5-3-4-6-8-14(20)21/h11-13,19H,3-10H2,1-2H3,(H,20,21)(H,17,22,23). The summed E-state index contributed by atoms with van der Waals surface area (Å²) in [6, 6.07) is -0.858. The van der Waals surface area contributed by atoms with Gasteiger partial charge in [-0.25, -0.2) is 4.79 Å². The van der Waals surface area contributed by atoms with Crippen molar-refractivity contribution in [2.45, 2.75) is 70.9 Å². The van der Waals surface area contributed by atoms with Crippen LogP contribution in [0.4, 0.5) is 4.79 Å². The highest BCUT2D eigenvalue weighted by molar-refractivity contribution is 6.04. The maximum Gasteiger partial charge on any atom is 0.324 e. The number of hydrogen-bond acceptors (Lipinski definition) is 4. The third kappa shape index (κ3) is 6.56. The van der Waals surface area contributed by atoms with Crippen molar-refractivity contribution in [2.24, 2.45) is 5.92 Å². The van der Waals surface area contributed by atoms with E-state index in [1.54, 1.807) is 0 Å². The topological polar surface area (TPSA) is 107 Å². The predicted molar refractivity (Wildman–Crippen MR) is 84.8 cm³/mol. The van der Waals surface area contributed by atoms with Crippen LogP contribution in [-0.2, 0) is 9.59 Å². The minimum absolute atomic E-state index is 0.115. The normalized spacial score (nSPS) is 19.3. The molecule has 0 aromatic carbocycles. The molecule has 132 valence electrons. The van der Waals surface area contributed by atoms with Crippen LogP contribution >= 0.6 is 0 Å². The van der Waals surface area contributed by atoms with Crippen molar-refractivity contribution in [3.05, 3.63) is 0 Å². The Labute approximate surface area is 137 Å². The number of amides is 3. The summed E-state index contributed by atoms with van der Waals surface area (Å²) in [5.74, 6) is -0.954. The number of carbonyl (C=O) groups excluding carboxylic acids is 2. The number of imide groups is 1. The number of hydrogen-bond donors (Lipinski definition) is 3. The molecule has 0 aliphatic carbocycles. The van der Waals surface area contributed by atoms with Gasteiger partial charge in [0.15, 0.2) is 0 Å². The molecule has 0 spiro atoms. The fourth-order valence-electron chi connectivity index (χ4n) is 2.66. The van der Waals surface area contributed by atoms with Crippen LogP contribution in [0.5, 0.6) is 0 Å². The van der Waals surface area contributed by atoms with Gasteiger partial charge in [0.25, 0.3) is 5.91 Å². The zero-order valence-corrected chi connectivity index (χ0v) is 14.0. The van der Waals surface area contributed by atoms with Gasteiger partial charge >= 0.3 is 12.0 Å². The first-order valence-electron chi connectivity index (χ1n) is 8.34. The number of nitrogens with zero attached hydrogens (tertiary/aromatic N) is 1. The first-order valence-corrected chi connectivity index (χ1v) is 8.34. The zero-order chi connectivity index (χ0) is 17.4. The summed E-state index contributed by atoms with van der Waals surface area (Å²) in [6.07, 6.45) is 3.75. The van der Waals surface area contributed by atoms with Crippen molar-refractivity contribution in [1.29, 1.82) is 0 Å². The van der Waals surface area contributed by atoms with E-state index in [-0.39, 0.29) is 24.3 Å². The van der Waals surface area contributed by atoms with Crippen molar-refractivity contribution in [3.63, 3.8) is 0 Å². The second kappa shape index (κ2) is 9.50. The number of nitrogens with one attached hydrogen (secondary N) is 1. The van der Waals surface area contributed by atoms with E-state index >= 15 is 0 Å². The zero-order valence-electron chi connectivity index (χ0n) is 14.0. The number of rotatable bonds is 11. The molecule has 1 fully saturated rings. The second-order valence-corrected chi connectivity index (χ2v) is 6.45. The Morgan fingerprint density at radius 1 is 1.22 bits per heavy atom. The summed E-state index contributed by atoms with van der Waals surface area (Å²) in [7, 11) is 0. The molecule has 1 rings (SSSR count). The molecule has 3 amide bonds. The minimum Gasteiger partial charge on any atom is -0.481 e. The van der Waals surface area contributed by atoms with Gasteiger partial charge in [-0.1, -0.05) is 33.1 Å². The van der Waals surface area contributed by atoms with Crippen molar-refractivity contribution >= 4 is 17.9 Å². The summed E-state index contributed by atoms with van der Waals surface area (Å²) < 4.78 is 0. The molecule has 0 saturated carbocycles. The fraction of sp³-hybridized carbons (Fsp3) is 0.812. The molecule has 1 heterocycles. The van der Waals surface area contributed by atoms with Gasteiger partial charge in [-0.3, -0.25) is 14.9 Å². The Morgan fingerprint density at radius 2 is 1.87 bits per heavy atom. The predicted octanol–water partition coefficient (Wildman–Crippen LogP) is 1.74. The lowest BCUT2D eigenvalue weighted by atomic mass is 10.0. The van der Waals surface area contributed by atoms with Crippen LogP contribution < -0.4 is 5.32 Å². The lowest BCUT2D eigenvalue weighted by Crippen LogP contribution is -2.37. The van der Waals surface area contributed by atoms with Gasteiger partial charge in [0, 0.05) is 13.0 Å². The summed E-state index contributed by atoms with van der Waals surface area (Å²) in [4.78, 5) is 35.6. The summed E-state index contributed by atoms with van der Waals surface area (Å²) in [5.41, 5.74) is 0. The van der Waals surface area contributed by atoms with Gasteiger partial charge < -0.3 is 15.1 Å². The highest BCUT2D eigenvalue weighted by Gasteiger charge is 2.37. The van der Waals surface area contributed by atoms with Crippen molar-refractivity contribution in [2.75, 3.05) is 6.54 Å². The minimum atomic E-state index is -0.791. The van der Waals surface area contributed by atoms with Crippen molar-refractivity contribution < 1.29 is 24.6 Å². The van der Waals surface area contributed by atoms with Crippen molar-refractivity contribution in [1.82, 2.24) is 10.2 Å². The lowest BCUT2D eigenvalue weighted by Gasteiger charge is -2.24. The van der Waals surface area contributed by atoms with Gasteiger partial charge in [0.1, 0.15) is 6.04 Å². The first-order chi connectivity index (χ1) is 10.8. The number of unbranched alkanes of at least 4 members (excludes halogenated alkanes) is 3. The molecular formula is C16H28N2O5. The molecule has 7 nitrogen and oxygen atoms in total. The van der Waals surface area contributed by atoms with E-state index in [2.05, 4.69) is 5.32 Å². The highest BCUT2D eigenvalue weighted by Crippen LogP contribution is 2.18. The molecule has 0 bridgehead atoms. The average Bonchev–Trinajstić information content (AvgIpc) is 2.73. The van der Waals surface area contributed by atoms with E-state index in [4.69, 9.17) is 5.11 Å². The number of carboxylic acids is 1. The Morgan fingerprint density at radius 3 is 2.48 bits per heavy atom. The number of aliphatic hydroxyl groups excluding tert-OH is 1. The Balaban J connectivity index is 2.36. The number of aliphatic carboxylic acids is 1. The second-order valence-electron chi connectivity index (χ2n) is 6.45. The molecule has 2 unspecified atom stereocenters. The summed E-state index contributed by atoms with van der Waals surface area (Å²) in [5, 5.41) is 20.7. The monoisotopic (exact) mass is 328 g/mol. The van der Waals surface area contributed by atoms with E-state index in [0.29, 0.717) is 25.8 Å². The van der Waals surface area contributed by atoms with Gasteiger partial charge in [0.2, 0.25) is 0 Å². The third-order valence-corrected chi connectivity index (χ3v) is 4.22. The van der Waals surface area contributed by atoms with E-state index in [1.165, 1.54) is 4.90 Å². The quantitative estimate of drug-likeness (QED) is 0.395. The number of urea groups is 1. The maximum atomic E-state index is 11.9. The van der Waals surface area contributed by atoms with Crippen molar-refractivity contribution in [3.8, 4) is 0 Å². The molecule has 3 N–H and O–H groups in total. The first kappa shape index (κ1) is 19.4. The smallest absolute Gasteiger partial charge is 0.324 e. The number of carbonyl (C=O) groups is 3. The highest BCUT2D eigenvalue weighted by atomic mass is 16.4. The molecule has 1 aliphatic heterocycles. The Hall–Kier alpha value is -1.63. The van der Waals surface area contributed by atoms with E-state index in [1.807, 2.05) is 13.8 Å². The van der Waals surface area contributed by atoms with Crippen LogP contribution in [0, 0.1) is 5.92 Å². The maximum absolute atomic E-state index is 11.9. The van der Waals surface area contributed by atoms with Gasteiger partial charge in [-0.2, -0.15) is 0 Å². The van der Waals surface area contributed by atoms with Gasteiger partial charge in [0.05, 0.1) is 6.10 Å². The molecule has 23 heavy (non-hydrogen) atoms. The number of aliphatic hydroxyl groups is 1. The van der Waals surface area contributed by atoms with Gasteiger partial charge in [-0.15, -0.1) is 0 Å². The number of carboxylic acid groups (broad SMARTS) is 1. The van der Waals surface area contributed by atoms with Crippen LogP contribution in [0.3, 0.4) is 0 Å². The van der Waals surface area contributed by atoms with E-state index in [0.717, 1.165) is 19.3 Å². The van der Waals surface area contributed by atoms with E-state index < -0.39 is 18.1 Å². The largest absolute Gasteiger partial charge is 0.481 e. The average molecular weight is 328 g/mol. The van der Waals surface area contributed by atoms with Gasteiger partial charge in [-0.05, 0) is 25.2 Å². The van der Waals surface area contributed by atoms with E-state index in [9.17, 15) is 19.5 Å². The molecule has 1 saturated heterocycles. The lowest BCUT2D eigenvalue weighted by molar-refractivity contribution is -0.137. The molecule has 0 radical (unpaired) electrons. The SMILES string of the molecule is CC(C)C(O)CCN1C(=O)NC(=O)C1CCCCCCC(=O)O. The van der Waals surface area contributed by atoms with Crippen LogP contribution in [0.15, 0.2) is 0 Å². The molecule has 0 aromatic rings. The third-order valence-electron chi connectivity index (χ3n) is 4.22. The summed E-state index contributed by atoms with van der Waals surface area (Å²) >= 11 is 0. The molecular weight excluding hydrogens is 300 g/mol. The molecule has 1 aliphatic rings. The molecule has 0 aromatic heterocycles.